The van der Waals surface area contributed by atoms with Gasteiger partial charge in [0.1, 0.15) is 0 Å². The number of thiophene rings is 1. The number of likely N-dealkylation sites (N-methyl/N-ethyl adjacent to an activating group) is 1. The van der Waals surface area contributed by atoms with Crippen LogP contribution in [0.2, 0.25) is 0 Å². The lowest BCUT2D eigenvalue weighted by Crippen LogP contribution is -2.36. The van der Waals surface area contributed by atoms with Crippen molar-refractivity contribution in [2.75, 3.05) is 33.9 Å². The summed E-state index contributed by atoms with van der Waals surface area (Å²) in [5.74, 6) is 5.54. The van der Waals surface area contributed by atoms with Gasteiger partial charge < -0.3 is 19.8 Å². The lowest BCUT2D eigenvalue weighted by molar-refractivity contribution is 0.0380. The average molecular weight is 297 g/mol. The summed E-state index contributed by atoms with van der Waals surface area (Å²) < 4.78 is 4.82. The number of carbonyl (C=O) groups excluding carboxylic acids is 1. The van der Waals surface area contributed by atoms with Crippen molar-refractivity contribution in [1.82, 2.24) is 4.90 Å². The molecule has 1 heterocycles. The predicted octanol–water partition coefficient (Wildman–Crippen LogP) is 0.561. The van der Waals surface area contributed by atoms with Gasteiger partial charge in [0.15, 0.2) is 0 Å². The van der Waals surface area contributed by atoms with Gasteiger partial charge in [-0.25, -0.2) is 0 Å². The Kier molecular flexibility index (Phi) is 7.26. The standard InChI is InChI=1S/C14H19NO4S/c1-15(8-12(17)9-19-2)14(18)11-7-13(20-10-11)5-3-4-6-16/h7,10,12,16-17H,4,6,8-9H2,1-2H3. The van der Waals surface area contributed by atoms with Crippen LogP contribution in [0.5, 0.6) is 0 Å². The maximum atomic E-state index is 12.1. The number of nitrogens with zero attached hydrogens (tertiary/aromatic N) is 1. The molecule has 6 heteroatoms. The average Bonchev–Trinajstić information content (AvgIpc) is 2.87. The van der Waals surface area contributed by atoms with Crippen molar-refractivity contribution in [2.45, 2.75) is 12.5 Å². The van der Waals surface area contributed by atoms with E-state index >= 15 is 0 Å². The number of carbonyl (C=O) groups is 1. The minimum absolute atomic E-state index is 0.0320. The summed E-state index contributed by atoms with van der Waals surface area (Å²) in [7, 11) is 3.14. The zero-order valence-corrected chi connectivity index (χ0v) is 12.4. The highest BCUT2D eigenvalue weighted by atomic mass is 32.1. The van der Waals surface area contributed by atoms with Crippen molar-refractivity contribution in [1.29, 1.82) is 0 Å². The quantitative estimate of drug-likeness (QED) is 0.753. The molecule has 0 radical (unpaired) electrons. The first-order valence-electron chi connectivity index (χ1n) is 6.19. The molecule has 0 spiro atoms. The van der Waals surface area contributed by atoms with Crippen LogP contribution in [-0.2, 0) is 4.74 Å². The fourth-order valence-corrected chi connectivity index (χ4v) is 2.33. The SMILES string of the molecule is COCC(O)CN(C)C(=O)c1csc(C#CCCO)c1. The zero-order valence-electron chi connectivity index (χ0n) is 11.6. The summed E-state index contributed by atoms with van der Waals surface area (Å²) in [6.45, 7) is 0.442. The Labute approximate surface area is 122 Å². The van der Waals surface area contributed by atoms with E-state index in [1.165, 1.54) is 23.3 Å². The summed E-state index contributed by atoms with van der Waals surface area (Å²) in [5, 5.41) is 20.0. The van der Waals surface area contributed by atoms with Gasteiger partial charge >= 0.3 is 0 Å². The van der Waals surface area contributed by atoms with Crippen molar-refractivity contribution >= 4 is 17.2 Å². The van der Waals surface area contributed by atoms with Gasteiger partial charge in [-0.3, -0.25) is 4.79 Å². The topological polar surface area (TPSA) is 70.0 Å². The molecule has 1 aromatic rings. The van der Waals surface area contributed by atoms with Crippen LogP contribution < -0.4 is 0 Å². The fraction of sp³-hybridized carbons (Fsp3) is 0.500. The van der Waals surface area contributed by atoms with E-state index in [9.17, 15) is 9.90 Å². The molecule has 0 aromatic carbocycles. The molecule has 0 bridgehead atoms. The molecule has 2 N–H and O–H groups in total. The molecule has 1 rings (SSSR count). The van der Waals surface area contributed by atoms with Crippen molar-refractivity contribution in [3.05, 3.63) is 21.9 Å². The Hall–Kier alpha value is -1.39. The van der Waals surface area contributed by atoms with Crippen LogP contribution in [0.1, 0.15) is 21.7 Å². The van der Waals surface area contributed by atoms with Crippen LogP contribution in [0.3, 0.4) is 0 Å². The van der Waals surface area contributed by atoms with E-state index in [1.54, 1.807) is 18.5 Å². The molecule has 1 unspecified atom stereocenters. The molecule has 110 valence electrons. The summed E-state index contributed by atoms with van der Waals surface area (Å²) in [4.78, 5) is 14.4. The van der Waals surface area contributed by atoms with Gasteiger partial charge in [0.05, 0.1) is 29.8 Å². The number of aliphatic hydroxyl groups is 2. The van der Waals surface area contributed by atoms with E-state index in [0.717, 1.165) is 4.88 Å². The van der Waals surface area contributed by atoms with E-state index in [-0.39, 0.29) is 25.7 Å². The summed E-state index contributed by atoms with van der Waals surface area (Å²) in [5.41, 5.74) is 0.551. The van der Waals surface area contributed by atoms with Crippen LogP contribution in [0, 0.1) is 11.8 Å². The highest BCUT2D eigenvalue weighted by Gasteiger charge is 2.16. The lowest BCUT2D eigenvalue weighted by Gasteiger charge is -2.19. The van der Waals surface area contributed by atoms with Crippen molar-refractivity contribution in [3.63, 3.8) is 0 Å². The minimum atomic E-state index is -0.698. The van der Waals surface area contributed by atoms with E-state index in [4.69, 9.17) is 9.84 Å². The first kappa shape index (κ1) is 16.7. The summed E-state index contributed by atoms with van der Waals surface area (Å²) >= 11 is 1.38. The third-order valence-electron chi connectivity index (χ3n) is 2.49. The van der Waals surface area contributed by atoms with Gasteiger partial charge in [0.25, 0.3) is 5.91 Å². The molecule has 0 saturated heterocycles. The minimum Gasteiger partial charge on any atom is -0.395 e. The monoisotopic (exact) mass is 297 g/mol. The molecule has 0 fully saturated rings. The highest BCUT2D eigenvalue weighted by Crippen LogP contribution is 2.15. The molecule has 0 saturated carbocycles. The number of methoxy groups -OCH3 is 1. The van der Waals surface area contributed by atoms with E-state index < -0.39 is 6.10 Å². The highest BCUT2D eigenvalue weighted by molar-refractivity contribution is 7.10. The number of rotatable bonds is 6. The first-order valence-corrected chi connectivity index (χ1v) is 7.07. The van der Waals surface area contributed by atoms with Crippen molar-refractivity contribution in [2.24, 2.45) is 0 Å². The molecule has 0 aliphatic rings. The smallest absolute Gasteiger partial charge is 0.254 e. The molecule has 0 aliphatic heterocycles. The Bertz CT molecular complexity index is 489. The maximum Gasteiger partial charge on any atom is 0.254 e. The van der Waals surface area contributed by atoms with Gasteiger partial charge in [-0.1, -0.05) is 11.8 Å². The largest absolute Gasteiger partial charge is 0.395 e. The first-order chi connectivity index (χ1) is 9.58. The Balaban J connectivity index is 2.61. The normalized spacial score (nSPS) is 11.6. The predicted molar refractivity (Wildman–Crippen MR) is 77.7 cm³/mol. The fourth-order valence-electron chi connectivity index (χ4n) is 1.58. The van der Waals surface area contributed by atoms with Gasteiger partial charge in [-0.05, 0) is 6.07 Å². The molecule has 0 aliphatic carbocycles. The number of hydrogen-bond acceptors (Lipinski definition) is 5. The zero-order chi connectivity index (χ0) is 15.0. The van der Waals surface area contributed by atoms with Crippen LogP contribution in [-0.4, -0.2) is 61.0 Å². The van der Waals surface area contributed by atoms with Crippen LogP contribution >= 0.6 is 11.3 Å². The second-order valence-corrected chi connectivity index (χ2v) is 5.18. The molecule has 5 nitrogen and oxygen atoms in total. The van der Waals surface area contributed by atoms with E-state index in [2.05, 4.69) is 11.8 Å². The third-order valence-corrected chi connectivity index (χ3v) is 3.33. The second-order valence-electron chi connectivity index (χ2n) is 4.27. The van der Waals surface area contributed by atoms with E-state index in [0.29, 0.717) is 12.0 Å². The molecular weight excluding hydrogens is 278 g/mol. The Morgan fingerprint density at radius 2 is 2.35 bits per heavy atom. The van der Waals surface area contributed by atoms with Gasteiger partial charge in [-0.2, -0.15) is 0 Å². The Morgan fingerprint density at radius 3 is 3.00 bits per heavy atom. The second kappa shape index (κ2) is 8.72. The maximum absolute atomic E-state index is 12.1. The molecule has 1 aromatic heterocycles. The van der Waals surface area contributed by atoms with Crippen LogP contribution in [0.25, 0.3) is 0 Å². The van der Waals surface area contributed by atoms with Gasteiger partial charge in [0, 0.05) is 32.5 Å². The molecule has 20 heavy (non-hydrogen) atoms. The Morgan fingerprint density at radius 1 is 1.60 bits per heavy atom. The lowest BCUT2D eigenvalue weighted by atomic mass is 10.2. The summed E-state index contributed by atoms with van der Waals surface area (Å²) in [6, 6.07) is 1.72. The number of aliphatic hydroxyl groups excluding tert-OH is 2. The third kappa shape index (κ3) is 5.31. The van der Waals surface area contributed by atoms with E-state index in [1.807, 2.05) is 0 Å². The molecular formula is C14H19NO4S. The summed E-state index contributed by atoms with van der Waals surface area (Å²) in [6.07, 6.45) is -0.277. The number of amides is 1. The van der Waals surface area contributed by atoms with Crippen molar-refractivity contribution in [3.8, 4) is 11.8 Å². The molecule has 1 amide bonds. The molecule has 1 atom stereocenters. The number of ether oxygens (including phenoxy) is 1. The van der Waals surface area contributed by atoms with Gasteiger partial charge in [-0.15, -0.1) is 11.3 Å². The van der Waals surface area contributed by atoms with Crippen molar-refractivity contribution < 1.29 is 19.7 Å². The van der Waals surface area contributed by atoms with Gasteiger partial charge in [0.2, 0.25) is 0 Å². The van der Waals surface area contributed by atoms with Crippen LogP contribution in [0.15, 0.2) is 11.4 Å². The van der Waals surface area contributed by atoms with Crippen LogP contribution in [0.4, 0.5) is 0 Å². The number of hydrogen-bond donors (Lipinski definition) is 2.